The minimum absolute atomic E-state index is 0.222. The number of fused-ring (bicyclic) bond motifs is 3. The van der Waals surface area contributed by atoms with E-state index >= 15 is 0 Å². The van der Waals surface area contributed by atoms with Gasteiger partial charge in [-0.1, -0.05) is 11.6 Å². The van der Waals surface area contributed by atoms with E-state index in [9.17, 15) is 15.5 Å². The van der Waals surface area contributed by atoms with Crippen LogP contribution in [0.3, 0.4) is 0 Å². The Balaban J connectivity index is 1.85. The van der Waals surface area contributed by atoms with Crippen LogP contribution in [0.2, 0.25) is 0 Å². The van der Waals surface area contributed by atoms with Crippen molar-refractivity contribution in [3.63, 3.8) is 0 Å². The van der Waals surface area contributed by atoms with Crippen molar-refractivity contribution >= 4 is 11.4 Å². The highest BCUT2D eigenvalue weighted by Crippen LogP contribution is 2.52. The fraction of sp³-hybridized carbons (Fsp3) is 0.875. The van der Waals surface area contributed by atoms with Crippen LogP contribution in [0, 0.1) is 11.1 Å². The molecule has 3 atom stereocenters. The van der Waals surface area contributed by atoms with E-state index in [0.717, 1.165) is 36.8 Å². The van der Waals surface area contributed by atoms with E-state index in [-0.39, 0.29) is 5.92 Å². The lowest BCUT2D eigenvalue weighted by atomic mass is 9.65. The molecule has 0 aromatic carbocycles. The zero-order valence-electron chi connectivity index (χ0n) is 13.4. The molecule has 2 N–H and O–H groups in total. The number of morpholine rings is 1. The molecule has 4 aliphatic rings. The first kappa shape index (κ1) is 15.4. The molecule has 7 heteroatoms. The first-order chi connectivity index (χ1) is 11.2. The standard InChI is InChI=1S/C16H25N3O4/c20-16-12-4-1-2-7-15(12,18-8-10-23-11-9-18)19(22)14(16)6-3-5-13(16)17-21/h12,20-21H,1-11H2/b17-13-. The van der Waals surface area contributed by atoms with Crippen molar-refractivity contribution in [2.75, 3.05) is 26.3 Å². The second-order valence-electron chi connectivity index (χ2n) is 7.18. The van der Waals surface area contributed by atoms with Crippen LogP contribution in [-0.2, 0) is 4.74 Å². The summed E-state index contributed by atoms with van der Waals surface area (Å²) in [6.07, 6.45) is 5.42. The van der Waals surface area contributed by atoms with Crippen molar-refractivity contribution in [2.24, 2.45) is 11.1 Å². The van der Waals surface area contributed by atoms with Crippen molar-refractivity contribution < 1.29 is 19.8 Å². The quantitative estimate of drug-likeness (QED) is 0.324. The first-order valence-corrected chi connectivity index (χ1v) is 8.76. The van der Waals surface area contributed by atoms with E-state index in [1.165, 1.54) is 0 Å². The normalized spacial score (nSPS) is 43.5. The minimum atomic E-state index is -1.37. The zero-order valence-corrected chi connectivity index (χ0v) is 13.4. The molecule has 2 aliphatic carbocycles. The molecule has 0 aromatic heterocycles. The third kappa shape index (κ3) is 1.87. The molecule has 1 saturated heterocycles. The highest BCUT2D eigenvalue weighted by molar-refractivity contribution is 6.15. The van der Waals surface area contributed by atoms with Crippen LogP contribution in [0.1, 0.15) is 44.9 Å². The first-order valence-electron chi connectivity index (χ1n) is 8.76. The maximum absolute atomic E-state index is 13.4. The number of hydrogen-bond donors (Lipinski definition) is 2. The molecule has 0 bridgehead atoms. The smallest absolute Gasteiger partial charge is 0.235 e. The van der Waals surface area contributed by atoms with E-state index in [1.807, 2.05) is 0 Å². The number of nitrogens with zero attached hydrogens (tertiary/aromatic N) is 3. The summed E-state index contributed by atoms with van der Waals surface area (Å²) in [5.41, 5.74) is -1.18. The second-order valence-corrected chi connectivity index (χ2v) is 7.18. The van der Waals surface area contributed by atoms with Gasteiger partial charge in [-0.25, -0.2) is 4.90 Å². The van der Waals surface area contributed by atoms with E-state index < -0.39 is 11.3 Å². The van der Waals surface area contributed by atoms with E-state index in [0.29, 0.717) is 50.6 Å². The predicted octanol–water partition coefficient (Wildman–Crippen LogP) is 0.915. The third-order valence-corrected chi connectivity index (χ3v) is 6.33. The Bertz CT molecular complexity index is 558. The molecule has 2 heterocycles. The molecule has 3 unspecified atom stereocenters. The Morgan fingerprint density at radius 2 is 2.00 bits per heavy atom. The summed E-state index contributed by atoms with van der Waals surface area (Å²) in [6, 6.07) is 0. The van der Waals surface area contributed by atoms with E-state index in [2.05, 4.69) is 10.1 Å². The fourth-order valence-corrected chi connectivity index (χ4v) is 5.37. The summed E-state index contributed by atoms with van der Waals surface area (Å²) in [5, 5.41) is 37.7. The molecule has 0 amide bonds. The number of rotatable bonds is 1. The van der Waals surface area contributed by atoms with Gasteiger partial charge in [0.15, 0.2) is 5.60 Å². The molecule has 3 fully saturated rings. The highest BCUT2D eigenvalue weighted by atomic mass is 16.5. The maximum atomic E-state index is 13.4. The molecule has 0 radical (unpaired) electrons. The monoisotopic (exact) mass is 323 g/mol. The van der Waals surface area contributed by atoms with Gasteiger partial charge >= 0.3 is 0 Å². The van der Waals surface area contributed by atoms with Crippen molar-refractivity contribution in [1.29, 1.82) is 0 Å². The molecule has 2 saturated carbocycles. The Kier molecular flexibility index (Phi) is 3.62. The van der Waals surface area contributed by atoms with Crippen LogP contribution >= 0.6 is 0 Å². The summed E-state index contributed by atoms with van der Waals surface area (Å²) in [6.45, 7) is 2.67. The van der Waals surface area contributed by atoms with Crippen LogP contribution in [0.5, 0.6) is 0 Å². The molecule has 0 aromatic rings. The lowest BCUT2D eigenvalue weighted by Gasteiger charge is -2.47. The Labute approximate surface area is 135 Å². The van der Waals surface area contributed by atoms with E-state index in [4.69, 9.17) is 4.74 Å². The van der Waals surface area contributed by atoms with Crippen molar-refractivity contribution in [3.8, 4) is 0 Å². The number of hydroxylamine groups is 1. The average Bonchev–Trinajstić information content (AvgIpc) is 2.82. The lowest BCUT2D eigenvalue weighted by molar-refractivity contribution is -0.591. The van der Waals surface area contributed by atoms with Gasteiger partial charge in [0, 0.05) is 25.9 Å². The average molecular weight is 323 g/mol. The van der Waals surface area contributed by atoms with Gasteiger partial charge in [-0.15, -0.1) is 0 Å². The topological polar surface area (TPSA) is 91.4 Å². The van der Waals surface area contributed by atoms with Crippen molar-refractivity contribution in [3.05, 3.63) is 5.21 Å². The third-order valence-electron chi connectivity index (χ3n) is 6.33. The van der Waals surface area contributed by atoms with E-state index in [1.54, 1.807) is 0 Å². The van der Waals surface area contributed by atoms with Gasteiger partial charge in [0.25, 0.3) is 0 Å². The predicted molar refractivity (Wildman–Crippen MR) is 83.7 cm³/mol. The van der Waals surface area contributed by atoms with Gasteiger partial charge in [-0.05, 0) is 25.7 Å². The Morgan fingerprint density at radius 3 is 2.74 bits per heavy atom. The molecule has 23 heavy (non-hydrogen) atoms. The number of hydrogen-bond acceptors (Lipinski definition) is 6. The van der Waals surface area contributed by atoms with Crippen LogP contribution in [0.15, 0.2) is 5.16 Å². The fourth-order valence-electron chi connectivity index (χ4n) is 5.37. The van der Waals surface area contributed by atoms with Crippen molar-refractivity contribution in [2.45, 2.75) is 56.2 Å². The largest absolute Gasteiger partial charge is 0.622 e. The maximum Gasteiger partial charge on any atom is 0.235 e. The summed E-state index contributed by atoms with van der Waals surface area (Å²) < 4.78 is 6.57. The highest BCUT2D eigenvalue weighted by Gasteiger charge is 2.71. The summed E-state index contributed by atoms with van der Waals surface area (Å²) in [5.74, 6) is -0.222. The summed E-state index contributed by atoms with van der Waals surface area (Å²) in [7, 11) is 0. The Morgan fingerprint density at radius 1 is 1.22 bits per heavy atom. The van der Waals surface area contributed by atoms with Gasteiger partial charge in [0.05, 0.1) is 24.8 Å². The van der Waals surface area contributed by atoms with Gasteiger partial charge in [-0.3, -0.25) is 0 Å². The lowest BCUT2D eigenvalue weighted by Crippen LogP contribution is -2.65. The zero-order chi connectivity index (χ0) is 16.1. The summed E-state index contributed by atoms with van der Waals surface area (Å²) >= 11 is 0. The van der Waals surface area contributed by atoms with Crippen LogP contribution < -0.4 is 0 Å². The van der Waals surface area contributed by atoms with Crippen LogP contribution in [0.4, 0.5) is 0 Å². The van der Waals surface area contributed by atoms with Crippen LogP contribution in [0.25, 0.3) is 0 Å². The van der Waals surface area contributed by atoms with Gasteiger partial charge < -0.3 is 20.3 Å². The SMILES string of the molecule is [O-][N+]1=C2CCC/C(=N/O)C2(O)C2CCCCC21N1CCOCC1. The number of aliphatic hydroxyl groups is 1. The Hall–Kier alpha value is -1.18. The van der Waals surface area contributed by atoms with Gasteiger partial charge in [-0.2, -0.15) is 4.74 Å². The molecular weight excluding hydrogens is 298 g/mol. The van der Waals surface area contributed by atoms with Crippen LogP contribution in [-0.4, -0.2) is 68.9 Å². The number of oxime groups is 1. The van der Waals surface area contributed by atoms with Gasteiger partial charge in [0.2, 0.25) is 11.4 Å². The van der Waals surface area contributed by atoms with Gasteiger partial charge in [0.1, 0.15) is 0 Å². The molecule has 0 spiro atoms. The molecule has 7 nitrogen and oxygen atoms in total. The second kappa shape index (κ2) is 5.43. The number of ether oxygens (including phenoxy) is 1. The molecule has 2 aliphatic heterocycles. The minimum Gasteiger partial charge on any atom is -0.622 e. The van der Waals surface area contributed by atoms with Crippen molar-refractivity contribution in [1.82, 2.24) is 4.90 Å². The molecular formula is C16H25N3O4. The summed E-state index contributed by atoms with van der Waals surface area (Å²) in [4.78, 5) is 2.21. The molecule has 4 rings (SSSR count). The molecule has 128 valence electrons.